The summed E-state index contributed by atoms with van der Waals surface area (Å²) in [7, 11) is 0. The van der Waals surface area contributed by atoms with E-state index in [2.05, 4.69) is 39.8 Å². The summed E-state index contributed by atoms with van der Waals surface area (Å²) in [5, 5.41) is 0. The molecule has 4 rings (SSSR count). The first-order valence-corrected chi connectivity index (χ1v) is 18.6. The van der Waals surface area contributed by atoms with E-state index >= 15 is 0 Å². The van der Waals surface area contributed by atoms with E-state index < -0.39 is 0 Å². The van der Waals surface area contributed by atoms with Gasteiger partial charge in [0.1, 0.15) is 6.29 Å². The van der Waals surface area contributed by atoms with E-state index in [1.807, 2.05) is 152 Å². The number of benzene rings is 4. The Kier molecular flexibility index (Phi) is 28.3. The molecular formula is C48H70O3. The van der Waals surface area contributed by atoms with Crippen LogP contribution in [0.1, 0.15) is 155 Å². The zero-order chi connectivity index (χ0) is 40.4. The fourth-order valence-electron chi connectivity index (χ4n) is 4.86. The lowest BCUT2D eigenvalue weighted by molar-refractivity contribution is 0.101. The summed E-state index contributed by atoms with van der Waals surface area (Å²) >= 11 is 0. The molecule has 0 N–H and O–H groups in total. The molecule has 0 spiro atoms. The molecule has 0 aliphatic heterocycles. The van der Waals surface area contributed by atoms with E-state index in [0.29, 0.717) is 0 Å². The van der Waals surface area contributed by atoms with Gasteiger partial charge in [-0.25, -0.2) is 0 Å². The summed E-state index contributed by atoms with van der Waals surface area (Å²) < 4.78 is 0. The highest BCUT2D eigenvalue weighted by molar-refractivity contribution is 6.07. The summed E-state index contributed by atoms with van der Waals surface area (Å²) in [5.41, 5.74) is 15.4. The number of hydrogen-bond donors (Lipinski definition) is 0. The summed E-state index contributed by atoms with van der Waals surface area (Å²) in [5.74, 6) is 0.200. The summed E-state index contributed by atoms with van der Waals surface area (Å²) in [6.07, 6.45) is 4.46. The second-order valence-electron chi connectivity index (χ2n) is 11.6. The van der Waals surface area contributed by atoms with Crippen molar-refractivity contribution in [2.24, 2.45) is 0 Å². The van der Waals surface area contributed by atoms with Gasteiger partial charge < -0.3 is 0 Å². The van der Waals surface area contributed by atoms with Crippen molar-refractivity contribution in [3.8, 4) is 0 Å². The molecule has 0 saturated carbocycles. The van der Waals surface area contributed by atoms with E-state index in [4.69, 9.17) is 0 Å². The van der Waals surface area contributed by atoms with Crippen LogP contribution in [0.4, 0.5) is 0 Å². The van der Waals surface area contributed by atoms with Crippen LogP contribution in [0.15, 0.2) is 66.7 Å². The Morgan fingerprint density at radius 3 is 1.10 bits per heavy atom. The number of hydrogen-bond acceptors (Lipinski definition) is 3. The molecule has 0 aliphatic rings. The molecule has 3 heteroatoms. The topological polar surface area (TPSA) is 51.2 Å². The van der Waals surface area contributed by atoms with Gasteiger partial charge in [0.2, 0.25) is 0 Å². The molecule has 4 aromatic rings. The van der Waals surface area contributed by atoms with Gasteiger partial charge in [0.05, 0.1) is 0 Å². The van der Waals surface area contributed by atoms with Crippen LogP contribution in [0.3, 0.4) is 0 Å². The monoisotopic (exact) mass is 695 g/mol. The van der Waals surface area contributed by atoms with Crippen molar-refractivity contribution in [1.29, 1.82) is 0 Å². The van der Waals surface area contributed by atoms with Crippen LogP contribution in [0, 0.1) is 69.2 Å². The molecule has 3 nitrogen and oxygen atoms in total. The summed E-state index contributed by atoms with van der Waals surface area (Å²) in [6.45, 7) is 38.0. The predicted molar refractivity (Wildman–Crippen MR) is 227 cm³/mol. The average Bonchev–Trinajstić information content (AvgIpc) is 3.12. The Morgan fingerprint density at radius 1 is 0.451 bits per heavy atom. The lowest BCUT2D eigenvalue weighted by atomic mass is 9.99. The molecule has 0 aromatic heterocycles. The van der Waals surface area contributed by atoms with Gasteiger partial charge in [-0.3, -0.25) is 14.4 Å². The van der Waals surface area contributed by atoms with Crippen molar-refractivity contribution in [2.45, 2.75) is 132 Å². The molecule has 0 aliphatic carbocycles. The van der Waals surface area contributed by atoms with Crippen LogP contribution in [0.2, 0.25) is 0 Å². The zero-order valence-electron chi connectivity index (χ0n) is 35.7. The van der Waals surface area contributed by atoms with Crippen LogP contribution in [-0.4, -0.2) is 17.9 Å². The fourth-order valence-corrected chi connectivity index (χ4v) is 4.86. The Morgan fingerprint density at radius 2 is 0.784 bits per heavy atom. The largest absolute Gasteiger partial charge is 0.298 e. The van der Waals surface area contributed by atoms with E-state index in [0.717, 1.165) is 39.7 Å². The van der Waals surface area contributed by atoms with Gasteiger partial charge in [0.15, 0.2) is 11.6 Å². The smallest absolute Gasteiger partial charge is 0.186 e. The lowest BCUT2D eigenvalue weighted by Gasteiger charge is -2.06. The first-order valence-electron chi connectivity index (χ1n) is 18.6. The minimum atomic E-state index is 0.0587. The zero-order valence-corrected chi connectivity index (χ0v) is 35.7. The Balaban J connectivity index is -0.000000655. The first kappa shape index (κ1) is 51.0. The molecule has 0 bridgehead atoms. The summed E-state index contributed by atoms with van der Waals surface area (Å²) in [4.78, 5) is 33.7. The van der Waals surface area contributed by atoms with Crippen LogP contribution in [-0.2, 0) is 0 Å². The Bertz CT molecular complexity index is 1620. The van der Waals surface area contributed by atoms with Crippen molar-refractivity contribution in [2.75, 3.05) is 0 Å². The van der Waals surface area contributed by atoms with Crippen molar-refractivity contribution in [3.05, 3.63) is 145 Å². The maximum atomic E-state index is 12.3. The van der Waals surface area contributed by atoms with E-state index in [-0.39, 0.29) is 11.6 Å². The van der Waals surface area contributed by atoms with Crippen molar-refractivity contribution in [3.63, 3.8) is 0 Å². The normalized spacial score (nSPS) is 9.24. The quantitative estimate of drug-likeness (QED) is 0.119. The van der Waals surface area contributed by atoms with Gasteiger partial charge in [-0.2, -0.15) is 0 Å². The van der Waals surface area contributed by atoms with E-state index in [1.54, 1.807) is 13.0 Å². The first-order chi connectivity index (χ1) is 24.1. The molecule has 0 atom stereocenters. The van der Waals surface area contributed by atoms with Crippen molar-refractivity contribution >= 4 is 23.9 Å². The van der Waals surface area contributed by atoms with Gasteiger partial charge in [-0.05, 0) is 144 Å². The molecule has 0 fully saturated rings. The fraction of sp³-hybridized carbons (Fsp3) is 0.396. The third-order valence-electron chi connectivity index (χ3n) is 7.87. The van der Waals surface area contributed by atoms with Crippen LogP contribution in [0.5, 0.6) is 0 Å². The molecule has 0 heterocycles. The third-order valence-corrected chi connectivity index (χ3v) is 7.87. The van der Waals surface area contributed by atoms with Gasteiger partial charge in [0.25, 0.3) is 0 Å². The minimum absolute atomic E-state index is 0.0587. The average molecular weight is 695 g/mol. The number of ketones is 2. The molecule has 51 heavy (non-hydrogen) atoms. The van der Waals surface area contributed by atoms with Crippen molar-refractivity contribution < 1.29 is 14.4 Å². The van der Waals surface area contributed by atoms with Gasteiger partial charge in [-0.1, -0.05) is 121 Å². The highest BCUT2D eigenvalue weighted by Crippen LogP contribution is 2.18. The number of aldehydes is 1. The third kappa shape index (κ3) is 18.4. The van der Waals surface area contributed by atoms with E-state index in [9.17, 15) is 14.4 Å². The SMILES string of the molecule is CC.CC.CC.CC.CC(=O)c1ccc(C)cc1C.Cc1cc(C=O)cc(C)c1C.Cc1ccc(C(=O)/C=C/c2cc(C)c(C)c(C)c2)c(C)c1. The highest BCUT2D eigenvalue weighted by atomic mass is 16.1. The van der Waals surface area contributed by atoms with Crippen LogP contribution >= 0.6 is 0 Å². The lowest BCUT2D eigenvalue weighted by Crippen LogP contribution is -1.98. The maximum Gasteiger partial charge on any atom is 0.186 e. The number of allylic oxidation sites excluding steroid dienone is 1. The Labute approximate surface area is 313 Å². The van der Waals surface area contributed by atoms with E-state index in [1.165, 1.54) is 44.5 Å². The molecule has 280 valence electrons. The molecular weight excluding hydrogens is 625 g/mol. The highest BCUT2D eigenvalue weighted by Gasteiger charge is 2.06. The standard InChI is InChI=1S/C20H22O.2C10H12O.4C2H6/c1-13-6-8-19(16(4)10-13)20(21)9-7-18-11-14(2)17(5)15(3)12-18;1-7-4-10(6-11)5-8(2)9(7)3;1-7-4-5-10(9(3)11)8(2)6-7;4*1-2/h6-12H,1-5H3;2*4-6H,1-3H3;4*1-2H3/b9-7+;;;;;;. The number of carbonyl (C=O) groups is 3. The molecule has 0 saturated heterocycles. The number of rotatable bonds is 5. The van der Waals surface area contributed by atoms with Gasteiger partial charge >= 0.3 is 0 Å². The van der Waals surface area contributed by atoms with Gasteiger partial charge in [-0.15, -0.1) is 0 Å². The molecule has 0 amide bonds. The number of carbonyl (C=O) groups excluding carboxylic acids is 3. The maximum absolute atomic E-state index is 12.3. The number of aryl methyl sites for hydroxylation is 8. The molecule has 0 unspecified atom stereocenters. The second-order valence-corrected chi connectivity index (χ2v) is 11.6. The second kappa shape index (κ2) is 28.3. The predicted octanol–water partition coefficient (Wildman–Crippen LogP) is 14.2. The molecule has 4 aromatic carbocycles. The van der Waals surface area contributed by atoms with Crippen LogP contribution in [0.25, 0.3) is 6.08 Å². The van der Waals surface area contributed by atoms with Crippen molar-refractivity contribution in [1.82, 2.24) is 0 Å². The van der Waals surface area contributed by atoms with Gasteiger partial charge in [0, 0.05) is 16.7 Å². The number of Topliss-reactive ketones (excluding diaryl/α,β-unsaturated/α-hetero) is 1. The minimum Gasteiger partial charge on any atom is -0.298 e. The Hall–Kier alpha value is -4.37. The summed E-state index contributed by atoms with van der Waals surface area (Å²) in [6, 6.07) is 19.9. The molecule has 0 radical (unpaired) electrons. The van der Waals surface area contributed by atoms with Crippen LogP contribution < -0.4 is 0 Å².